The number of nitrogens with one attached hydrogen (secondary N) is 1. The van der Waals surface area contributed by atoms with Crippen molar-refractivity contribution in [3.8, 4) is 5.88 Å². The van der Waals surface area contributed by atoms with Gasteiger partial charge in [0.25, 0.3) is 5.91 Å². The smallest absolute Gasteiger partial charge is 0.258 e. The van der Waals surface area contributed by atoms with Crippen molar-refractivity contribution in [2.24, 2.45) is 17.8 Å². The van der Waals surface area contributed by atoms with Gasteiger partial charge in [0.05, 0.1) is 19.7 Å². The molecule has 5 heterocycles. The Balaban J connectivity index is 1.08. The molecule has 8 rings (SSSR count). The summed E-state index contributed by atoms with van der Waals surface area (Å²) in [4.78, 5) is 24.6. The third-order valence-corrected chi connectivity index (χ3v) is 8.17. The van der Waals surface area contributed by atoms with E-state index in [9.17, 15) is 4.79 Å². The van der Waals surface area contributed by atoms with Gasteiger partial charge in [-0.15, -0.1) is 5.10 Å². The molecule has 3 aromatic rings. The Kier molecular flexibility index (Phi) is 4.05. The molecule has 2 unspecified atom stereocenters. The standard InChI is InChI=1S/C25H27N7O2/c1-12-13(3-6-19(28-12)32-11-16-20-21(16)22(20)32)9-31-10-17(25(30-31)34-2)24(33)29-18-5-4-15-14(18)7-8-27-23(15)26/h3,6-8,10,16,18,20-22H,4-5,9,11H2,1-2H3,(H2,26,27)(H,29,33)/t16?,18-,20?,21?,22?/m1/s1. The number of piperidine rings is 1. The van der Waals surface area contributed by atoms with Gasteiger partial charge in [0, 0.05) is 30.7 Å². The van der Waals surface area contributed by atoms with E-state index in [2.05, 4.69) is 32.4 Å². The van der Waals surface area contributed by atoms with Gasteiger partial charge in [-0.25, -0.2) is 9.97 Å². The summed E-state index contributed by atoms with van der Waals surface area (Å²) >= 11 is 0. The highest BCUT2D eigenvalue weighted by Gasteiger charge is 2.80. The lowest BCUT2D eigenvalue weighted by Gasteiger charge is -2.18. The number of rotatable bonds is 6. The van der Waals surface area contributed by atoms with E-state index in [1.165, 1.54) is 7.11 Å². The number of carbonyl (C=O) groups is 1. The molecule has 4 fully saturated rings. The fourth-order valence-electron chi connectivity index (χ4n) is 6.21. The number of nitrogens with two attached hydrogens (primary N) is 1. The molecule has 3 atom stereocenters. The maximum atomic E-state index is 13.1. The fraction of sp³-hybridized carbons (Fsp3) is 0.440. The van der Waals surface area contributed by atoms with Crippen LogP contribution in [0.4, 0.5) is 11.6 Å². The Morgan fingerprint density at radius 1 is 1.29 bits per heavy atom. The summed E-state index contributed by atoms with van der Waals surface area (Å²) in [6.45, 7) is 3.72. The van der Waals surface area contributed by atoms with E-state index in [1.807, 2.05) is 13.0 Å². The number of nitrogen functional groups attached to an aromatic ring is 1. The summed E-state index contributed by atoms with van der Waals surface area (Å²) in [7, 11) is 1.53. The second-order valence-corrected chi connectivity index (χ2v) is 9.95. The Labute approximate surface area is 197 Å². The molecule has 9 heteroatoms. The van der Waals surface area contributed by atoms with E-state index in [0.717, 1.165) is 71.4 Å². The van der Waals surface area contributed by atoms with Gasteiger partial charge >= 0.3 is 0 Å². The first-order valence-electron chi connectivity index (χ1n) is 11.9. The van der Waals surface area contributed by atoms with Crippen LogP contribution in [-0.2, 0) is 13.0 Å². The Morgan fingerprint density at radius 3 is 2.88 bits per heavy atom. The van der Waals surface area contributed by atoms with Gasteiger partial charge in [-0.3, -0.25) is 9.48 Å². The van der Waals surface area contributed by atoms with Crippen LogP contribution < -0.4 is 20.7 Å². The van der Waals surface area contributed by atoms with Crippen molar-refractivity contribution in [2.45, 2.75) is 38.4 Å². The number of fused-ring (bicyclic) bond motifs is 2. The van der Waals surface area contributed by atoms with Gasteiger partial charge in [0.15, 0.2) is 0 Å². The van der Waals surface area contributed by atoms with Gasteiger partial charge in [-0.2, -0.15) is 0 Å². The van der Waals surface area contributed by atoms with Crippen LogP contribution in [0.3, 0.4) is 0 Å². The number of hydrogen-bond acceptors (Lipinski definition) is 7. The van der Waals surface area contributed by atoms with E-state index in [0.29, 0.717) is 23.8 Å². The first-order chi connectivity index (χ1) is 16.5. The quantitative estimate of drug-likeness (QED) is 0.583. The molecule has 3 aromatic heterocycles. The highest BCUT2D eigenvalue weighted by molar-refractivity contribution is 5.96. The molecule has 3 N–H and O–H groups in total. The van der Waals surface area contributed by atoms with Crippen molar-refractivity contribution in [1.29, 1.82) is 0 Å². The fourth-order valence-corrected chi connectivity index (χ4v) is 6.21. The third kappa shape index (κ3) is 2.85. The van der Waals surface area contributed by atoms with Gasteiger partial charge in [0.2, 0.25) is 5.88 Å². The molecule has 0 radical (unpaired) electrons. The van der Waals surface area contributed by atoms with Crippen LogP contribution in [0.5, 0.6) is 5.88 Å². The lowest BCUT2D eigenvalue weighted by atomic mass is 10.1. The lowest BCUT2D eigenvalue weighted by Crippen LogP contribution is -2.27. The highest BCUT2D eigenvalue weighted by Crippen LogP contribution is 2.75. The molecule has 174 valence electrons. The number of anilines is 2. The molecule has 34 heavy (non-hydrogen) atoms. The predicted molar refractivity (Wildman–Crippen MR) is 126 cm³/mol. The zero-order chi connectivity index (χ0) is 23.1. The van der Waals surface area contributed by atoms with E-state index >= 15 is 0 Å². The molecule has 2 saturated carbocycles. The highest BCUT2D eigenvalue weighted by atomic mass is 16.5. The molecule has 2 aliphatic heterocycles. The maximum absolute atomic E-state index is 13.1. The molecule has 9 nitrogen and oxygen atoms in total. The van der Waals surface area contributed by atoms with E-state index in [4.69, 9.17) is 15.5 Å². The summed E-state index contributed by atoms with van der Waals surface area (Å²) in [6, 6.07) is 6.83. The Hall–Kier alpha value is -3.62. The molecule has 2 saturated heterocycles. The predicted octanol–water partition coefficient (Wildman–Crippen LogP) is 2.10. The van der Waals surface area contributed by atoms with Crippen LogP contribution in [0.2, 0.25) is 0 Å². The normalized spacial score (nSPS) is 27.4. The molecule has 5 aliphatic rings. The van der Waals surface area contributed by atoms with Gasteiger partial charge < -0.3 is 20.7 Å². The summed E-state index contributed by atoms with van der Waals surface area (Å²) in [6.07, 6.45) is 5.03. The second-order valence-electron chi connectivity index (χ2n) is 9.95. The zero-order valence-corrected chi connectivity index (χ0v) is 19.2. The minimum atomic E-state index is -0.211. The number of nitrogens with zero attached hydrogens (tertiary/aromatic N) is 5. The number of aryl methyl sites for hydroxylation is 1. The van der Waals surface area contributed by atoms with Crippen molar-refractivity contribution < 1.29 is 9.53 Å². The van der Waals surface area contributed by atoms with Crippen molar-refractivity contribution in [3.63, 3.8) is 0 Å². The number of carbonyl (C=O) groups excluding carboxylic acids is 1. The third-order valence-electron chi connectivity index (χ3n) is 8.17. The van der Waals surface area contributed by atoms with Crippen LogP contribution in [0.15, 0.2) is 30.6 Å². The number of ether oxygens (including phenoxy) is 1. The number of amides is 1. The summed E-state index contributed by atoms with van der Waals surface area (Å²) < 4.78 is 7.18. The van der Waals surface area contributed by atoms with Crippen molar-refractivity contribution in [1.82, 2.24) is 25.1 Å². The van der Waals surface area contributed by atoms with Gasteiger partial charge in [0.1, 0.15) is 17.2 Å². The van der Waals surface area contributed by atoms with Gasteiger partial charge in [-0.05, 0) is 66.3 Å². The molecule has 0 spiro atoms. The lowest BCUT2D eigenvalue weighted by molar-refractivity contribution is 0.0933. The molecular weight excluding hydrogens is 430 g/mol. The summed E-state index contributed by atoms with van der Waals surface area (Å²) in [5, 5.41) is 7.62. The molecule has 2 bridgehead atoms. The first-order valence-corrected chi connectivity index (χ1v) is 11.9. The van der Waals surface area contributed by atoms with Crippen LogP contribution in [0.1, 0.15) is 45.2 Å². The minimum absolute atomic E-state index is 0.0988. The SMILES string of the molecule is COc1nn(Cc2ccc(N3CC4C5C4C53)nc2C)cc1C(=O)N[C@@H]1CCc2c1ccnc2N. The van der Waals surface area contributed by atoms with Crippen LogP contribution in [-0.4, -0.2) is 45.4 Å². The van der Waals surface area contributed by atoms with Crippen LogP contribution in [0, 0.1) is 24.7 Å². The van der Waals surface area contributed by atoms with Gasteiger partial charge in [-0.1, -0.05) is 6.07 Å². The number of hydrogen-bond donors (Lipinski definition) is 2. The monoisotopic (exact) mass is 457 g/mol. The summed E-state index contributed by atoms with van der Waals surface area (Å²) in [5.41, 5.74) is 10.5. The second kappa shape index (κ2) is 6.94. The Morgan fingerprint density at radius 2 is 2.15 bits per heavy atom. The number of pyridine rings is 2. The number of methoxy groups -OCH3 is 1. The van der Waals surface area contributed by atoms with E-state index in [1.54, 1.807) is 17.1 Å². The zero-order valence-electron chi connectivity index (χ0n) is 19.2. The average Bonchev–Trinajstić information content (AvgIpc) is 3.38. The van der Waals surface area contributed by atoms with Crippen LogP contribution in [0.25, 0.3) is 0 Å². The van der Waals surface area contributed by atoms with Crippen molar-refractivity contribution in [3.05, 3.63) is 58.5 Å². The van der Waals surface area contributed by atoms with Crippen LogP contribution >= 0.6 is 0 Å². The molecule has 1 amide bonds. The maximum Gasteiger partial charge on any atom is 0.258 e. The first kappa shape index (κ1) is 19.8. The summed E-state index contributed by atoms with van der Waals surface area (Å²) in [5.74, 6) is 4.56. The topological polar surface area (TPSA) is 111 Å². The number of aromatic nitrogens is 4. The van der Waals surface area contributed by atoms with E-state index in [-0.39, 0.29) is 11.9 Å². The minimum Gasteiger partial charge on any atom is -0.479 e. The molecular formula is C25H27N7O2. The van der Waals surface area contributed by atoms with Crippen molar-refractivity contribution in [2.75, 3.05) is 24.3 Å². The largest absolute Gasteiger partial charge is 0.479 e. The molecule has 0 aromatic carbocycles. The van der Waals surface area contributed by atoms with Crippen molar-refractivity contribution >= 4 is 17.5 Å². The van der Waals surface area contributed by atoms with E-state index < -0.39 is 0 Å². The average molecular weight is 458 g/mol. The Bertz CT molecular complexity index is 1320. The molecule has 3 aliphatic carbocycles.